The zero-order chi connectivity index (χ0) is 15.0. The van der Waals surface area contributed by atoms with Crippen LogP contribution in [0.3, 0.4) is 0 Å². The number of rotatable bonds is 4. The summed E-state index contributed by atoms with van der Waals surface area (Å²) in [5.41, 5.74) is 0. The van der Waals surface area contributed by atoms with Crippen LogP contribution >= 0.6 is 0 Å². The molecule has 3 rings (SSSR count). The lowest BCUT2D eigenvalue weighted by molar-refractivity contribution is 0.154. The Morgan fingerprint density at radius 1 is 0.455 bits per heavy atom. The van der Waals surface area contributed by atoms with Crippen LogP contribution in [0.4, 0.5) is 0 Å². The van der Waals surface area contributed by atoms with Gasteiger partial charge in [-0.3, -0.25) is 0 Å². The largest absolute Gasteiger partial charge is 0.303 e. The second-order valence-corrected chi connectivity index (χ2v) is 8.32. The first-order valence-corrected chi connectivity index (χ1v) is 10.3. The molecule has 128 valence electrons. The van der Waals surface area contributed by atoms with E-state index in [0.717, 1.165) is 11.8 Å². The van der Waals surface area contributed by atoms with Gasteiger partial charge in [-0.1, -0.05) is 25.7 Å². The van der Waals surface area contributed by atoms with Gasteiger partial charge >= 0.3 is 0 Å². The molecule has 3 fully saturated rings. The van der Waals surface area contributed by atoms with Crippen molar-refractivity contribution in [3.63, 3.8) is 0 Å². The highest BCUT2D eigenvalue weighted by Gasteiger charge is 2.25. The molecule has 2 nitrogen and oxygen atoms in total. The summed E-state index contributed by atoms with van der Waals surface area (Å²) in [7, 11) is 0. The lowest BCUT2D eigenvalue weighted by atomic mass is 9.81. The van der Waals surface area contributed by atoms with Gasteiger partial charge in [-0.15, -0.1) is 0 Å². The maximum atomic E-state index is 2.78. The molecule has 22 heavy (non-hydrogen) atoms. The zero-order valence-electron chi connectivity index (χ0n) is 14.8. The Kier molecular flexibility index (Phi) is 7.07. The van der Waals surface area contributed by atoms with Gasteiger partial charge in [0.1, 0.15) is 0 Å². The second-order valence-electron chi connectivity index (χ2n) is 8.32. The molecule has 2 heteroatoms. The minimum absolute atomic E-state index is 1.01. The fourth-order valence-corrected chi connectivity index (χ4v) is 4.96. The van der Waals surface area contributed by atoms with Crippen molar-refractivity contribution in [3.8, 4) is 0 Å². The van der Waals surface area contributed by atoms with E-state index in [0.29, 0.717) is 0 Å². The van der Waals surface area contributed by atoms with Gasteiger partial charge in [0, 0.05) is 13.1 Å². The molecule has 0 N–H and O–H groups in total. The summed E-state index contributed by atoms with van der Waals surface area (Å²) in [4.78, 5) is 5.57. The molecule has 1 aliphatic carbocycles. The molecule has 0 radical (unpaired) electrons. The van der Waals surface area contributed by atoms with Crippen molar-refractivity contribution in [2.75, 3.05) is 39.3 Å². The lowest BCUT2D eigenvalue weighted by Gasteiger charge is -2.34. The topological polar surface area (TPSA) is 6.48 Å². The summed E-state index contributed by atoms with van der Waals surface area (Å²) in [5, 5.41) is 0. The summed E-state index contributed by atoms with van der Waals surface area (Å²) in [5.74, 6) is 2.02. The van der Waals surface area contributed by atoms with Crippen molar-refractivity contribution >= 4 is 0 Å². The Hall–Kier alpha value is -0.0800. The summed E-state index contributed by atoms with van der Waals surface area (Å²) in [6, 6.07) is 0. The van der Waals surface area contributed by atoms with E-state index in [-0.39, 0.29) is 0 Å². The van der Waals surface area contributed by atoms with Gasteiger partial charge in [0.15, 0.2) is 0 Å². The predicted molar refractivity (Wildman–Crippen MR) is 95.3 cm³/mol. The van der Waals surface area contributed by atoms with Crippen LogP contribution in [-0.4, -0.2) is 49.1 Å². The molecule has 2 heterocycles. The third-order valence-corrected chi connectivity index (χ3v) is 6.40. The quantitative estimate of drug-likeness (QED) is 0.752. The summed E-state index contributed by atoms with van der Waals surface area (Å²) in [6.07, 6.45) is 17.7. The third-order valence-electron chi connectivity index (χ3n) is 6.40. The normalized spacial score (nSPS) is 33.3. The first-order chi connectivity index (χ1) is 10.9. The van der Waals surface area contributed by atoms with E-state index in [1.165, 1.54) is 116 Å². The molecule has 0 aromatic heterocycles. The Bertz CT molecular complexity index is 250. The Morgan fingerprint density at radius 2 is 0.773 bits per heavy atom. The first-order valence-electron chi connectivity index (χ1n) is 10.3. The molecule has 2 aliphatic heterocycles. The molecular weight excluding hydrogens is 268 g/mol. The molecule has 0 bridgehead atoms. The first kappa shape index (κ1) is 16.8. The lowest BCUT2D eigenvalue weighted by Crippen LogP contribution is -2.35. The number of hydrogen-bond donors (Lipinski definition) is 0. The highest BCUT2D eigenvalue weighted by molar-refractivity contribution is 4.78. The fourth-order valence-electron chi connectivity index (χ4n) is 4.96. The fraction of sp³-hybridized carbons (Fsp3) is 1.00. The average Bonchev–Trinajstić information content (AvgIpc) is 2.94. The molecule has 2 saturated heterocycles. The molecular formula is C20H38N2. The van der Waals surface area contributed by atoms with Crippen molar-refractivity contribution in [1.29, 1.82) is 0 Å². The van der Waals surface area contributed by atoms with Gasteiger partial charge in [0.25, 0.3) is 0 Å². The van der Waals surface area contributed by atoms with Crippen LogP contribution in [0.1, 0.15) is 77.0 Å². The van der Waals surface area contributed by atoms with Crippen molar-refractivity contribution in [2.45, 2.75) is 77.0 Å². The van der Waals surface area contributed by atoms with Crippen molar-refractivity contribution < 1.29 is 0 Å². The average molecular weight is 307 g/mol. The zero-order valence-corrected chi connectivity index (χ0v) is 14.8. The maximum Gasteiger partial charge on any atom is 0.000966 e. The molecule has 0 aromatic rings. The smallest absolute Gasteiger partial charge is 0.000966 e. The Morgan fingerprint density at radius 3 is 1.09 bits per heavy atom. The standard InChI is InChI=1S/C20H38N2/c1-2-6-14-21(13-5-1)17-19-9-11-20(12-10-19)18-22-15-7-3-4-8-16-22/h19-20H,1-18H2. The highest BCUT2D eigenvalue weighted by Crippen LogP contribution is 2.31. The van der Waals surface area contributed by atoms with E-state index in [9.17, 15) is 0 Å². The minimum atomic E-state index is 1.01. The number of likely N-dealkylation sites (tertiary alicyclic amines) is 2. The number of hydrogen-bond acceptors (Lipinski definition) is 2. The van der Waals surface area contributed by atoms with Crippen LogP contribution < -0.4 is 0 Å². The Labute approximate surface area is 138 Å². The van der Waals surface area contributed by atoms with Gasteiger partial charge in [0.2, 0.25) is 0 Å². The molecule has 0 amide bonds. The van der Waals surface area contributed by atoms with Gasteiger partial charge in [-0.25, -0.2) is 0 Å². The van der Waals surface area contributed by atoms with Crippen LogP contribution in [0.5, 0.6) is 0 Å². The van der Waals surface area contributed by atoms with Crippen LogP contribution in [0.25, 0.3) is 0 Å². The van der Waals surface area contributed by atoms with Crippen LogP contribution in [-0.2, 0) is 0 Å². The van der Waals surface area contributed by atoms with Crippen LogP contribution in [0, 0.1) is 11.8 Å². The molecule has 0 unspecified atom stereocenters. The minimum Gasteiger partial charge on any atom is -0.303 e. The Balaban J connectivity index is 1.34. The molecule has 3 aliphatic rings. The second kappa shape index (κ2) is 9.27. The highest BCUT2D eigenvalue weighted by atomic mass is 15.1. The predicted octanol–water partition coefficient (Wildman–Crippen LogP) is 4.54. The van der Waals surface area contributed by atoms with Gasteiger partial charge in [-0.05, 0) is 89.4 Å². The molecule has 0 aromatic carbocycles. The van der Waals surface area contributed by atoms with Gasteiger partial charge < -0.3 is 9.80 Å². The summed E-state index contributed by atoms with van der Waals surface area (Å²) < 4.78 is 0. The van der Waals surface area contributed by atoms with E-state index in [1.807, 2.05) is 0 Å². The van der Waals surface area contributed by atoms with Crippen molar-refractivity contribution in [3.05, 3.63) is 0 Å². The number of nitrogens with zero attached hydrogens (tertiary/aromatic N) is 2. The molecule has 0 atom stereocenters. The SMILES string of the molecule is C1CCCN(CC2CCC(CN3CCCCCC3)CC2)CC1. The maximum absolute atomic E-state index is 2.78. The van der Waals surface area contributed by atoms with E-state index in [1.54, 1.807) is 0 Å². The van der Waals surface area contributed by atoms with Gasteiger partial charge in [-0.2, -0.15) is 0 Å². The van der Waals surface area contributed by atoms with E-state index in [4.69, 9.17) is 0 Å². The van der Waals surface area contributed by atoms with Gasteiger partial charge in [0.05, 0.1) is 0 Å². The van der Waals surface area contributed by atoms with E-state index >= 15 is 0 Å². The summed E-state index contributed by atoms with van der Waals surface area (Å²) >= 11 is 0. The van der Waals surface area contributed by atoms with Crippen LogP contribution in [0.2, 0.25) is 0 Å². The van der Waals surface area contributed by atoms with Crippen molar-refractivity contribution in [1.82, 2.24) is 9.80 Å². The molecule has 0 spiro atoms. The third kappa shape index (κ3) is 5.53. The van der Waals surface area contributed by atoms with E-state index < -0.39 is 0 Å². The van der Waals surface area contributed by atoms with E-state index in [2.05, 4.69) is 9.80 Å². The van der Waals surface area contributed by atoms with Crippen LogP contribution in [0.15, 0.2) is 0 Å². The van der Waals surface area contributed by atoms with Crippen molar-refractivity contribution in [2.24, 2.45) is 11.8 Å². The molecule has 1 saturated carbocycles. The monoisotopic (exact) mass is 306 g/mol. The summed E-state index contributed by atoms with van der Waals surface area (Å²) in [6.45, 7) is 8.36.